The molecule has 10 heteroatoms. The number of hydrogen-bond donors (Lipinski definition) is 1. The Kier molecular flexibility index (Phi) is 5.87. The fraction of sp³-hybridized carbons (Fsp3) is 0.250. The second-order valence-corrected chi connectivity index (χ2v) is 11.5. The van der Waals surface area contributed by atoms with Gasteiger partial charge in [-0.2, -0.15) is 0 Å². The Balaban J connectivity index is 1.51. The van der Waals surface area contributed by atoms with Crippen LogP contribution >= 0.6 is 22.9 Å². The summed E-state index contributed by atoms with van der Waals surface area (Å²) in [4.78, 5) is 26.8. The van der Waals surface area contributed by atoms with E-state index in [9.17, 15) is 18.0 Å². The highest BCUT2D eigenvalue weighted by atomic mass is 35.5. The highest BCUT2D eigenvalue weighted by molar-refractivity contribution is 7.93. The predicted octanol–water partition coefficient (Wildman–Crippen LogP) is 4.88. The Bertz CT molecular complexity index is 1430. The number of nitrogens with zero attached hydrogens (tertiary/aromatic N) is 1. The van der Waals surface area contributed by atoms with Crippen molar-refractivity contribution in [2.75, 3.05) is 23.3 Å². The van der Waals surface area contributed by atoms with Gasteiger partial charge in [-0.15, -0.1) is 11.3 Å². The Labute approximate surface area is 206 Å². The molecule has 0 bridgehead atoms. The number of carbonyl (C=O) groups is 2. The molecule has 0 fully saturated rings. The van der Waals surface area contributed by atoms with Crippen LogP contribution in [0.15, 0.2) is 47.4 Å². The molecule has 1 N–H and O–H groups in total. The minimum absolute atomic E-state index is 0.111. The van der Waals surface area contributed by atoms with Gasteiger partial charge in [0.05, 0.1) is 23.3 Å². The van der Waals surface area contributed by atoms with Crippen molar-refractivity contribution in [2.24, 2.45) is 0 Å². The molecule has 176 valence electrons. The standard InChI is InChI=1S/C24H21ClN2O5S2/c1-32-24(29)22-16-7-2-4-8-19(16)33-23(22)26-21(28)13-27-18-11-10-14(25)12-17(18)15-6-3-5-9-20(15)34(27,30)31/h3,5-6,9-12H,2,4,7-8,13H2,1H3,(H,26,28). The molecule has 2 aromatic carbocycles. The SMILES string of the molecule is COC(=O)c1c(NC(=O)CN2c3ccc(Cl)cc3-c3ccccc3S2(=O)=O)sc2c1CCCC2. The van der Waals surface area contributed by atoms with Crippen molar-refractivity contribution in [3.8, 4) is 11.1 Å². The van der Waals surface area contributed by atoms with Crippen molar-refractivity contribution in [1.82, 2.24) is 0 Å². The van der Waals surface area contributed by atoms with Crippen LogP contribution in [-0.4, -0.2) is 33.9 Å². The van der Waals surface area contributed by atoms with E-state index in [0.717, 1.165) is 40.4 Å². The van der Waals surface area contributed by atoms with Crippen molar-refractivity contribution in [3.05, 3.63) is 63.5 Å². The molecule has 0 atom stereocenters. The van der Waals surface area contributed by atoms with Crippen molar-refractivity contribution in [1.29, 1.82) is 0 Å². The van der Waals surface area contributed by atoms with Crippen molar-refractivity contribution in [2.45, 2.75) is 30.6 Å². The van der Waals surface area contributed by atoms with Crippen LogP contribution in [-0.2, 0) is 32.4 Å². The number of carbonyl (C=O) groups excluding carboxylic acids is 2. The summed E-state index contributed by atoms with van der Waals surface area (Å²) in [5.74, 6) is -1.05. The first-order chi connectivity index (χ1) is 16.3. The fourth-order valence-corrected chi connectivity index (χ4v) is 7.66. The molecule has 2 aliphatic rings. The molecule has 5 rings (SSSR count). The number of thiophene rings is 1. The number of hydrogen-bond acceptors (Lipinski definition) is 6. The van der Waals surface area contributed by atoms with Gasteiger partial charge < -0.3 is 10.1 Å². The molecule has 0 saturated heterocycles. The van der Waals surface area contributed by atoms with Crippen molar-refractivity contribution >= 4 is 55.5 Å². The minimum Gasteiger partial charge on any atom is -0.465 e. The smallest absolute Gasteiger partial charge is 0.341 e. The molecule has 7 nitrogen and oxygen atoms in total. The van der Waals surface area contributed by atoms with Crippen LogP contribution in [0.3, 0.4) is 0 Å². The van der Waals surface area contributed by atoms with Gasteiger partial charge in [-0.3, -0.25) is 9.10 Å². The van der Waals surface area contributed by atoms with E-state index in [1.807, 2.05) is 0 Å². The number of benzene rings is 2. The maximum absolute atomic E-state index is 13.5. The van der Waals surface area contributed by atoms with Crippen LogP contribution < -0.4 is 9.62 Å². The lowest BCUT2D eigenvalue weighted by Gasteiger charge is -2.31. The van der Waals surface area contributed by atoms with Crippen LogP contribution in [0.25, 0.3) is 11.1 Å². The molecule has 1 aliphatic heterocycles. The molecular formula is C24H21ClN2O5S2. The number of fused-ring (bicyclic) bond motifs is 4. The van der Waals surface area contributed by atoms with Gasteiger partial charge in [-0.1, -0.05) is 29.8 Å². The van der Waals surface area contributed by atoms with E-state index in [-0.39, 0.29) is 4.90 Å². The Morgan fingerprint density at radius 3 is 2.68 bits per heavy atom. The zero-order chi connectivity index (χ0) is 24.0. The molecule has 0 saturated carbocycles. The quantitative estimate of drug-likeness (QED) is 0.499. The molecule has 0 radical (unpaired) electrons. The lowest BCUT2D eigenvalue weighted by atomic mass is 9.95. The molecule has 34 heavy (non-hydrogen) atoms. The van der Waals surface area contributed by atoms with E-state index in [0.29, 0.717) is 32.4 Å². The van der Waals surface area contributed by atoms with Crippen LogP contribution in [0.2, 0.25) is 5.02 Å². The van der Waals surface area contributed by atoms with Gasteiger partial charge in [0, 0.05) is 21.0 Å². The van der Waals surface area contributed by atoms with E-state index in [1.165, 1.54) is 24.5 Å². The van der Waals surface area contributed by atoms with Crippen molar-refractivity contribution < 1.29 is 22.7 Å². The summed E-state index contributed by atoms with van der Waals surface area (Å²) in [5, 5.41) is 3.64. The minimum atomic E-state index is -3.99. The highest BCUT2D eigenvalue weighted by Crippen LogP contribution is 2.44. The predicted molar refractivity (Wildman–Crippen MR) is 132 cm³/mol. The lowest BCUT2D eigenvalue weighted by Crippen LogP contribution is -2.40. The summed E-state index contributed by atoms with van der Waals surface area (Å²) in [6.07, 6.45) is 3.57. The molecule has 1 aliphatic carbocycles. The zero-order valence-electron chi connectivity index (χ0n) is 18.3. The van der Waals surface area contributed by atoms with Crippen LogP contribution in [0.4, 0.5) is 10.7 Å². The number of sulfonamides is 1. The van der Waals surface area contributed by atoms with Gasteiger partial charge >= 0.3 is 5.97 Å². The molecular weight excluding hydrogens is 496 g/mol. The van der Waals surface area contributed by atoms with E-state index < -0.39 is 28.4 Å². The summed E-state index contributed by atoms with van der Waals surface area (Å²) < 4.78 is 33.0. The summed E-state index contributed by atoms with van der Waals surface area (Å²) in [6, 6.07) is 11.5. The average Bonchev–Trinajstić information content (AvgIpc) is 3.19. The first-order valence-corrected chi connectivity index (χ1v) is 13.4. The van der Waals surface area contributed by atoms with Crippen molar-refractivity contribution in [3.63, 3.8) is 0 Å². The second kappa shape index (κ2) is 8.72. The van der Waals surface area contributed by atoms with E-state index in [4.69, 9.17) is 16.3 Å². The number of amides is 1. The zero-order valence-corrected chi connectivity index (χ0v) is 20.6. The Hall–Kier alpha value is -2.88. The Morgan fingerprint density at radius 1 is 1.12 bits per heavy atom. The van der Waals surface area contributed by atoms with Crippen LogP contribution in [0.1, 0.15) is 33.6 Å². The first-order valence-electron chi connectivity index (χ1n) is 10.8. The molecule has 3 aromatic rings. The second-order valence-electron chi connectivity index (χ2n) is 8.12. The van der Waals surface area contributed by atoms with Crippen LogP contribution in [0.5, 0.6) is 0 Å². The average molecular weight is 517 g/mol. The number of anilines is 2. The highest BCUT2D eigenvalue weighted by Gasteiger charge is 2.36. The van der Waals surface area contributed by atoms with Gasteiger partial charge in [-0.25, -0.2) is 13.2 Å². The third-order valence-corrected chi connectivity index (χ3v) is 9.33. The summed E-state index contributed by atoms with van der Waals surface area (Å²) in [6.45, 7) is -0.450. The normalized spacial score (nSPS) is 15.6. The lowest BCUT2D eigenvalue weighted by molar-refractivity contribution is -0.114. The number of ether oxygens (including phenoxy) is 1. The number of aryl methyl sites for hydroxylation is 1. The van der Waals surface area contributed by atoms with Crippen LogP contribution in [0, 0.1) is 0 Å². The topological polar surface area (TPSA) is 92.8 Å². The van der Waals surface area contributed by atoms with E-state index >= 15 is 0 Å². The van der Waals surface area contributed by atoms with Gasteiger partial charge in [0.2, 0.25) is 5.91 Å². The maximum Gasteiger partial charge on any atom is 0.341 e. The summed E-state index contributed by atoms with van der Waals surface area (Å²) in [5.41, 5.74) is 2.83. The molecule has 1 aromatic heterocycles. The van der Waals surface area contributed by atoms with Gasteiger partial charge in [0.15, 0.2) is 0 Å². The third-order valence-electron chi connectivity index (χ3n) is 6.07. The van der Waals surface area contributed by atoms with E-state index in [2.05, 4.69) is 5.32 Å². The number of halogens is 1. The maximum atomic E-state index is 13.5. The monoisotopic (exact) mass is 516 g/mol. The molecule has 2 heterocycles. The number of rotatable bonds is 4. The number of nitrogens with one attached hydrogen (secondary N) is 1. The summed E-state index contributed by atoms with van der Waals surface area (Å²) in [7, 11) is -2.68. The van der Waals surface area contributed by atoms with E-state index in [1.54, 1.807) is 36.4 Å². The molecule has 0 unspecified atom stereocenters. The van der Waals surface area contributed by atoms with Gasteiger partial charge in [0.1, 0.15) is 11.5 Å². The third kappa shape index (κ3) is 3.77. The molecule has 0 spiro atoms. The number of methoxy groups -OCH3 is 1. The van der Waals surface area contributed by atoms with Gasteiger partial charge in [0.25, 0.3) is 10.0 Å². The Morgan fingerprint density at radius 2 is 1.88 bits per heavy atom. The number of esters is 1. The first kappa shape index (κ1) is 22.9. The van der Waals surface area contributed by atoms with Gasteiger partial charge in [-0.05, 0) is 55.5 Å². The largest absolute Gasteiger partial charge is 0.465 e. The molecule has 1 amide bonds. The summed E-state index contributed by atoms with van der Waals surface area (Å²) >= 11 is 7.55. The fourth-order valence-electron chi connectivity index (χ4n) is 4.54.